The fourth-order valence-corrected chi connectivity index (χ4v) is 3.10. The molecular weight excluding hydrogens is 326 g/mol. The molecule has 1 N–H and O–H groups in total. The van der Waals surface area contributed by atoms with Gasteiger partial charge in [-0.05, 0) is 29.2 Å². The molecule has 136 valence electrons. The van der Waals surface area contributed by atoms with E-state index in [1.807, 2.05) is 35.2 Å². The van der Waals surface area contributed by atoms with Crippen LogP contribution in [0.4, 0.5) is 5.82 Å². The number of amides is 1. The van der Waals surface area contributed by atoms with E-state index in [-0.39, 0.29) is 5.91 Å². The summed E-state index contributed by atoms with van der Waals surface area (Å²) in [6.45, 7) is 7.03. The molecule has 1 aliphatic heterocycles. The number of aromatic nitrogens is 1. The normalized spacial score (nSPS) is 15.0. The molecule has 3 rings (SSSR count). The number of piperazine rings is 1. The standard InChI is InChI=1S/C21H26N3O2/c1-17(2)19-9-6-18(7-10-19)8-11-21(25)23-15-13-22(14-16-23)20-5-3-4-12-24(20)26/h3-12,17,26H,13-16H2,1-2H3/q+1/b11-8+. The fraction of sp³-hybridized carbons (Fsp3) is 0.333. The van der Waals surface area contributed by atoms with E-state index in [9.17, 15) is 10.0 Å². The summed E-state index contributed by atoms with van der Waals surface area (Å²) in [4.78, 5) is 16.4. The van der Waals surface area contributed by atoms with Crippen LogP contribution < -0.4 is 9.63 Å². The molecule has 0 unspecified atom stereocenters. The maximum atomic E-state index is 12.4. The van der Waals surface area contributed by atoms with E-state index in [2.05, 4.69) is 30.9 Å². The van der Waals surface area contributed by atoms with Crippen molar-refractivity contribution in [2.45, 2.75) is 19.8 Å². The summed E-state index contributed by atoms with van der Waals surface area (Å²) in [5.74, 6) is 1.29. The van der Waals surface area contributed by atoms with Crippen molar-refractivity contribution in [1.82, 2.24) is 4.90 Å². The topological polar surface area (TPSA) is 47.7 Å². The predicted octanol–water partition coefficient (Wildman–Crippen LogP) is 2.70. The molecule has 0 aliphatic carbocycles. The van der Waals surface area contributed by atoms with Gasteiger partial charge in [0.05, 0.1) is 13.1 Å². The Morgan fingerprint density at radius 1 is 1.08 bits per heavy atom. The average molecular weight is 352 g/mol. The van der Waals surface area contributed by atoms with Gasteiger partial charge in [0.15, 0.2) is 0 Å². The third-order valence-corrected chi connectivity index (χ3v) is 4.76. The zero-order chi connectivity index (χ0) is 18.5. The average Bonchev–Trinajstić information content (AvgIpc) is 2.67. The number of rotatable bonds is 4. The van der Waals surface area contributed by atoms with Gasteiger partial charge < -0.3 is 10.1 Å². The molecule has 0 atom stereocenters. The predicted molar refractivity (Wildman–Crippen MR) is 102 cm³/mol. The minimum atomic E-state index is 0.0301. The molecule has 1 saturated heterocycles. The van der Waals surface area contributed by atoms with Crippen LogP contribution in [0.1, 0.15) is 30.9 Å². The fourth-order valence-electron chi connectivity index (χ4n) is 3.10. The van der Waals surface area contributed by atoms with Crippen LogP contribution >= 0.6 is 0 Å². The molecule has 5 nitrogen and oxygen atoms in total. The van der Waals surface area contributed by atoms with Crippen LogP contribution in [-0.2, 0) is 4.79 Å². The Bertz CT molecular complexity index is 776. The highest BCUT2D eigenvalue weighted by Crippen LogP contribution is 2.16. The molecule has 0 spiro atoms. The first-order valence-corrected chi connectivity index (χ1v) is 9.06. The summed E-state index contributed by atoms with van der Waals surface area (Å²) < 4.78 is 1.12. The minimum absolute atomic E-state index is 0.0301. The Hall–Kier alpha value is -2.82. The summed E-state index contributed by atoms with van der Waals surface area (Å²) in [6, 6.07) is 13.9. The third-order valence-electron chi connectivity index (χ3n) is 4.76. The Morgan fingerprint density at radius 2 is 1.77 bits per heavy atom. The minimum Gasteiger partial charge on any atom is -0.350 e. The van der Waals surface area contributed by atoms with Gasteiger partial charge in [-0.1, -0.05) is 48.9 Å². The van der Waals surface area contributed by atoms with Crippen molar-refractivity contribution in [1.29, 1.82) is 0 Å². The number of benzene rings is 1. The van der Waals surface area contributed by atoms with Gasteiger partial charge in [-0.25, -0.2) is 0 Å². The lowest BCUT2D eigenvalue weighted by Crippen LogP contribution is -2.51. The molecule has 0 radical (unpaired) electrons. The summed E-state index contributed by atoms with van der Waals surface area (Å²) in [5, 5.41) is 9.89. The molecule has 1 aliphatic rings. The molecule has 26 heavy (non-hydrogen) atoms. The molecule has 1 aromatic heterocycles. The van der Waals surface area contributed by atoms with Gasteiger partial charge >= 0.3 is 5.82 Å². The number of nitrogens with zero attached hydrogens (tertiary/aromatic N) is 3. The van der Waals surface area contributed by atoms with E-state index in [0.29, 0.717) is 32.1 Å². The van der Waals surface area contributed by atoms with Crippen LogP contribution in [0.25, 0.3) is 6.08 Å². The van der Waals surface area contributed by atoms with E-state index in [4.69, 9.17) is 0 Å². The Labute approximate surface area is 154 Å². The van der Waals surface area contributed by atoms with Gasteiger partial charge in [0, 0.05) is 12.1 Å². The second-order valence-corrected chi connectivity index (χ2v) is 6.87. The molecule has 5 heteroatoms. The molecule has 1 fully saturated rings. The van der Waals surface area contributed by atoms with Crippen molar-refractivity contribution < 1.29 is 14.7 Å². The van der Waals surface area contributed by atoms with E-state index < -0.39 is 0 Å². The smallest absolute Gasteiger partial charge is 0.316 e. The lowest BCUT2D eigenvalue weighted by Gasteiger charge is -2.30. The summed E-state index contributed by atoms with van der Waals surface area (Å²) in [7, 11) is 0. The van der Waals surface area contributed by atoms with Crippen LogP contribution in [-0.4, -0.2) is 42.2 Å². The van der Waals surface area contributed by atoms with E-state index in [0.717, 1.165) is 16.1 Å². The SMILES string of the molecule is CC(C)c1ccc(/C=C/C(=O)N2CCN(c3cccc[n+]3O)CC2)cc1. The number of hydrogen-bond acceptors (Lipinski definition) is 3. The first-order valence-electron chi connectivity index (χ1n) is 9.06. The summed E-state index contributed by atoms with van der Waals surface area (Å²) in [5.41, 5.74) is 2.33. The number of carbonyl (C=O) groups excluding carboxylic acids is 1. The zero-order valence-electron chi connectivity index (χ0n) is 15.4. The van der Waals surface area contributed by atoms with Crippen LogP contribution in [0.5, 0.6) is 0 Å². The molecule has 2 heterocycles. The molecule has 1 amide bonds. The Morgan fingerprint density at radius 3 is 2.38 bits per heavy atom. The quantitative estimate of drug-likeness (QED) is 0.523. The van der Waals surface area contributed by atoms with Crippen molar-refractivity contribution in [3.05, 3.63) is 65.9 Å². The monoisotopic (exact) mass is 352 g/mol. The number of carbonyl (C=O) groups is 1. The van der Waals surface area contributed by atoms with Crippen LogP contribution in [0.15, 0.2) is 54.7 Å². The van der Waals surface area contributed by atoms with Crippen LogP contribution in [0.2, 0.25) is 0 Å². The highest BCUT2D eigenvalue weighted by Gasteiger charge is 2.26. The number of anilines is 1. The van der Waals surface area contributed by atoms with Crippen molar-refractivity contribution in [3.8, 4) is 0 Å². The van der Waals surface area contributed by atoms with E-state index in [1.54, 1.807) is 18.3 Å². The van der Waals surface area contributed by atoms with E-state index >= 15 is 0 Å². The second kappa shape index (κ2) is 8.04. The van der Waals surface area contributed by atoms with Crippen molar-refractivity contribution >= 4 is 17.8 Å². The highest BCUT2D eigenvalue weighted by molar-refractivity contribution is 5.91. The summed E-state index contributed by atoms with van der Waals surface area (Å²) in [6.07, 6.45) is 5.13. The molecule has 0 bridgehead atoms. The van der Waals surface area contributed by atoms with Gasteiger partial charge in [0.2, 0.25) is 5.91 Å². The van der Waals surface area contributed by atoms with E-state index in [1.165, 1.54) is 5.56 Å². The molecule has 2 aromatic rings. The van der Waals surface area contributed by atoms with Gasteiger partial charge in [-0.15, -0.1) is 0 Å². The molecular formula is C21H26N3O2+. The van der Waals surface area contributed by atoms with Crippen molar-refractivity contribution in [2.75, 3.05) is 31.1 Å². The zero-order valence-corrected chi connectivity index (χ0v) is 15.4. The highest BCUT2D eigenvalue weighted by atomic mass is 16.5. The van der Waals surface area contributed by atoms with Crippen LogP contribution in [0.3, 0.4) is 0 Å². The first-order chi connectivity index (χ1) is 12.5. The molecule has 1 aromatic carbocycles. The maximum Gasteiger partial charge on any atom is 0.316 e. The Kier molecular flexibility index (Phi) is 5.56. The van der Waals surface area contributed by atoms with Gasteiger partial charge in [0.1, 0.15) is 19.3 Å². The van der Waals surface area contributed by atoms with Gasteiger partial charge in [-0.2, -0.15) is 0 Å². The Balaban J connectivity index is 1.56. The number of hydrogen-bond donors (Lipinski definition) is 1. The van der Waals surface area contributed by atoms with Gasteiger partial charge in [-0.3, -0.25) is 9.69 Å². The summed E-state index contributed by atoms with van der Waals surface area (Å²) >= 11 is 0. The van der Waals surface area contributed by atoms with Gasteiger partial charge in [0.25, 0.3) is 0 Å². The second-order valence-electron chi connectivity index (χ2n) is 6.87. The largest absolute Gasteiger partial charge is 0.350 e. The van der Waals surface area contributed by atoms with Crippen LogP contribution in [0, 0.1) is 0 Å². The number of pyridine rings is 1. The maximum absolute atomic E-state index is 12.4. The van der Waals surface area contributed by atoms with Crippen molar-refractivity contribution in [3.63, 3.8) is 0 Å². The first kappa shape index (κ1) is 18.0. The lowest BCUT2D eigenvalue weighted by atomic mass is 10.0. The van der Waals surface area contributed by atoms with Crippen molar-refractivity contribution in [2.24, 2.45) is 0 Å². The molecule has 0 saturated carbocycles. The third kappa shape index (κ3) is 4.23. The lowest BCUT2D eigenvalue weighted by molar-refractivity contribution is -0.894.